The van der Waals surface area contributed by atoms with E-state index in [9.17, 15) is 0 Å². The summed E-state index contributed by atoms with van der Waals surface area (Å²) in [7, 11) is 4.15. The van der Waals surface area contributed by atoms with E-state index in [4.69, 9.17) is 4.98 Å². The van der Waals surface area contributed by atoms with Crippen molar-refractivity contribution in [2.75, 3.05) is 19.0 Å². The zero-order valence-corrected chi connectivity index (χ0v) is 13.6. The van der Waals surface area contributed by atoms with Crippen molar-refractivity contribution in [1.29, 1.82) is 0 Å². The van der Waals surface area contributed by atoms with Gasteiger partial charge in [-0.15, -0.1) is 0 Å². The van der Waals surface area contributed by atoms with Crippen LogP contribution in [0.2, 0.25) is 0 Å². The molecule has 0 saturated carbocycles. The number of rotatable bonds is 2. The number of anilines is 1. The smallest absolute Gasteiger partial charge is 0.139 e. The van der Waals surface area contributed by atoms with Gasteiger partial charge in [-0.05, 0) is 36.1 Å². The van der Waals surface area contributed by atoms with Gasteiger partial charge in [0.2, 0.25) is 0 Å². The zero-order valence-electron chi connectivity index (χ0n) is 13.6. The first-order valence-electron chi connectivity index (χ1n) is 7.80. The van der Waals surface area contributed by atoms with Gasteiger partial charge in [0, 0.05) is 30.7 Å². The summed E-state index contributed by atoms with van der Waals surface area (Å²) < 4.78 is 0. The van der Waals surface area contributed by atoms with Gasteiger partial charge in [-0.1, -0.05) is 36.4 Å². The highest BCUT2D eigenvalue weighted by molar-refractivity contribution is 6.03. The number of nitrogens with one attached hydrogen (secondary N) is 1. The highest BCUT2D eigenvalue weighted by Crippen LogP contribution is 2.34. The summed E-state index contributed by atoms with van der Waals surface area (Å²) in [5.74, 6) is 0.927. The highest BCUT2D eigenvalue weighted by Gasteiger charge is 2.12. The number of hydrogen-bond acceptors (Lipinski definition) is 2. The maximum absolute atomic E-state index is 4.84. The lowest BCUT2D eigenvalue weighted by Gasteiger charge is -2.17. The van der Waals surface area contributed by atoms with Crippen molar-refractivity contribution in [2.45, 2.75) is 6.92 Å². The Hall–Kier alpha value is -2.81. The molecule has 0 bridgehead atoms. The number of aryl methyl sites for hydroxylation is 1. The molecule has 3 aromatic carbocycles. The fraction of sp³-hybridized carbons (Fsp3) is 0.150. The molecule has 0 saturated heterocycles. The maximum Gasteiger partial charge on any atom is 0.139 e. The Bertz CT molecular complexity index is 1010. The summed E-state index contributed by atoms with van der Waals surface area (Å²) in [5, 5.41) is 2.46. The lowest BCUT2D eigenvalue weighted by Crippen LogP contribution is -2.09. The summed E-state index contributed by atoms with van der Waals surface area (Å²) in [6, 6.07) is 19.1. The highest BCUT2D eigenvalue weighted by atomic mass is 15.1. The van der Waals surface area contributed by atoms with Crippen molar-refractivity contribution in [1.82, 2.24) is 9.97 Å². The number of aromatic nitrogens is 2. The van der Waals surface area contributed by atoms with Crippen LogP contribution in [0, 0.1) is 6.92 Å². The third-order valence-corrected chi connectivity index (χ3v) is 4.35. The minimum atomic E-state index is 0.927. The molecule has 3 nitrogen and oxygen atoms in total. The molecule has 0 aliphatic rings. The van der Waals surface area contributed by atoms with E-state index in [2.05, 4.69) is 85.5 Å². The van der Waals surface area contributed by atoms with Crippen molar-refractivity contribution in [3.63, 3.8) is 0 Å². The molecular formula is C20H19N3. The molecule has 0 radical (unpaired) electrons. The second-order valence-corrected chi connectivity index (χ2v) is 6.13. The number of benzene rings is 3. The molecule has 0 unspecified atom stereocenters. The minimum absolute atomic E-state index is 0.927. The predicted molar refractivity (Wildman–Crippen MR) is 98.1 cm³/mol. The molecule has 1 aromatic heterocycles. The number of fused-ring (bicyclic) bond motifs is 2. The number of nitrogens with zero attached hydrogens (tertiary/aromatic N) is 2. The largest absolute Gasteiger partial charge is 0.377 e. The third-order valence-electron chi connectivity index (χ3n) is 4.35. The Morgan fingerprint density at radius 1 is 0.870 bits per heavy atom. The second kappa shape index (κ2) is 5.13. The first-order valence-corrected chi connectivity index (χ1v) is 7.80. The molecule has 3 heteroatoms. The van der Waals surface area contributed by atoms with Crippen LogP contribution in [0.25, 0.3) is 33.2 Å². The van der Waals surface area contributed by atoms with Crippen molar-refractivity contribution in [3.05, 3.63) is 60.2 Å². The Morgan fingerprint density at radius 3 is 2.39 bits per heavy atom. The molecule has 4 rings (SSSR count). The summed E-state index contributed by atoms with van der Waals surface area (Å²) in [5.41, 5.74) is 5.68. The molecule has 0 atom stereocenters. The molecule has 4 aromatic rings. The Balaban J connectivity index is 2.01. The Labute approximate surface area is 135 Å². The van der Waals surface area contributed by atoms with Crippen LogP contribution in [0.4, 0.5) is 5.69 Å². The molecule has 1 heterocycles. The van der Waals surface area contributed by atoms with Crippen LogP contribution < -0.4 is 4.90 Å². The fourth-order valence-corrected chi connectivity index (χ4v) is 3.18. The molecule has 0 aliphatic carbocycles. The molecule has 1 N–H and O–H groups in total. The summed E-state index contributed by atoms with van der Waals surface area (Å²) >= 11 is 0. The standard InChI is InChI=1S/C20H19N3/c1-13-7-6-10-17-19(13)22-20(21-17)16-11-12-18(23(2)3)15-9-5-4-8-14(15)16/h4-12H,1-3H3,(H,21,22). The van der Waals surface area contributed by atoms with Gasteiger partial charge >= 0.3 is 0 Å². The normalized spacial score (nSPS) is 11.3. The molecule has 0 aliphatic heterocycles. The number of H-pyrrole nitrogens is 1. The van der Waals surface area contributed by atoms with Gasteiger partial charge < -0.3 is 9.88 Å². The van der Waals surface area contributed by atoms with Crippen LogP contribution in [-0.4, -0.2) is 24.1 Å². The average Bonchev–Trinajstić information content (AvgIpc) is 2.99. The summed E-state index contributed by atoms with van der Waals surface area (Å²) in [6.45, 7) is 2.10. The summed E-state index contributed by atoms with van der Waals surface area (Å²) in [4.78, 5) is 10.5. The topological polar surface area (TPSA) is 31.9 Å². The van der Waals surface area contributed by atoms with E-state index in [1.165, 1.54) is 22.0 Å². The number of para-hydroxylation sites is 1. The van der Waals surface area contributed by atoms with Crippen LogP contribution in [-0.2, 0) is 0 Å². The van der Waals surface area contributed by atoms with E-state index < -0.39 is 0 Å². The van der Waals surface area contributed by atoms with E-state index in [0.717, 1.165) is 22.4 Å². The van der Waals surface area contributed by atoms with Crippen LogP contribution in [0.15, 0.2) is 54.6 Å². The van der Waals surface area contributed by atoms with Gasteiger partial charge in [-0.25, -0.2) is 4.98 Å². The molecule has 0 amide bonds. The quantitative estimate of drug-likeness (QED) is 0.579. The van der Waals surface area contributed by atoms with Gasteiger partial charge in [0.15, 0.2) is 0 Å². The van der Waals surface area contributed by atoms with E-state index in [1.807, 2.05) is 0 Å². The van der Waals surface area contributed by atoms with Gasteiger partial charge in [0.1, 0.15) is 5.82 Å². The first kappa shape index (κ1) is 13.8. The van der Waals surface area contributed by atoms with E-state index >= 15 is 0 Å². The summed E-state index contributed by atoms with van der Waals surface area (Å²) in [6.07, 6.45) is 0. The molecule has 0 spiro atoms. The van der Waals surface area contributed by atoms with Crippen molar-refractivity contribution in [2.24, 2.45) is 0 Å². The fourth-order valence-electron chi connectivity index (χ4n) is 3.18. The van der Waals surface area contributed by atoms with Crippen molar-refractivity contribution >= 4 is 27.5 Å². The van der Waals surface area contributed by atoms with Crippen LogP contribution in [0.1, 0.15) is 5.56 Å². The predicted octanol–water partition coefficient (Wildman–Crippen LogP) is 4.76. The molecule has 114 valence electrons. The van der Waals surface area contributed by atoms with Gasteiger partial charge in [0.05, 0.1) is 11.0 Å². The number of imidazole rings is 1. The van der Waals surface area contributed by atoms with Crippen molar-refractivity contribution in [3.8, 4) is 11.4 Å². The minimum Gasteiger partial charge on any atom is -0.377 e. The van der Waals surface area contributed by atoms with E-state index in [0.29, 0.717) is 0 Å². The van der Waals surface area contributed by atoms with Gasteiger partial charge in [0.25, 0.3) is 0 Å². The Kier molecular flexibility index (Phi) is 3.08. The maximum atomic E-state index is 4.84. The van der Waals surface area contributed by atoms with Gasteiger partial charge in [-0.2, -0.15) is 0 Å². The average molecular weight is 301 g/mol. The molecule has 23 heavy (non-hydrogen) atoms. The van der Waals surface area contributed by atoms with E-state index in [-0.39, 0.29) is 0 Å². The van der Waals surface area contributed by atoms with Crippen LogP contribution >= 0.6 is 0 Å². The van der Waals surface area contributed by atoms with E-state index in [1.54, 1.807) is 0 Å². The number of hydrogen-bond donors (Lipinski definition) is 1. The molecule has 0 fully saturated rings. The SMILES string of the molecule is Cc1cccc2[nH]c(-c3ccc(N(C)C)c4ccccc34)nc12. The monoisotopic (exact) mass is 301 g/mol. The second-order valence-electron chi connectivity index (χ2n) is 6.13. The lowest BCUT2D eigenvalue weighted by molar-refractivity contribution is 1.14. The third kappa shape index (κ3) is 2.16. The first-order chi connectivity index (χ1) is 11.1. The van der Waals surface area contributed by atoms with Crippen LogP contribution in [0.5, 0.6) is 0 Å². The zero-order chi connectivity index (χ0) is 16.0. The van der Waals surface area contributed by atoms with Crippen molar-refractivity contribution < 1.29 is 0 Å². The number of aromatic amines is 1. The Morgan fingerprint density at radius 2 is 1.65 bits per heavy atom. The lowest BCUT2D eigenvalue weighted by atomic mass is 10.0. The van der Waals surface area contributed by atoms with Crippen LogP contribution in [0.3, 0.4) is 0 Å². The van der Waals surface area contributed by atoms with Gasteiger partial charge in [-0.3, -0.25) is 0 Å². The molecular weight excluding hydrogens is 282 g/mol.